The number of benzene rings is 1. The van der Waals surface area contributed by atoms with Crippen LogP contribution in [-0.2, 0) is 0 Å². The lowest BCUT2D eigenvalue weighted by Crippen LogP contribution is -2.32. The van der Waals surface area contributed by atoms with E-state index in [-0.39, 0.29) is 6.03 Å². The summed E-state index contributed by atoms with van der Waals surface area (Å²) >= 11 is 0. The highest BCUT2D eigenvalue weighted by Gasteiger charge is 2.06. The summed E-state index contributed by atoms with van der Waals surface area (Å²) in [4.78, 5) is 11.7. The first kappa shape index (κ1) is 13.4. The second kappa shape index (κ2) is 6.80. The minimum atomic E-state index is -0.201. The van der Waals surface area contributed by atoms with Crippen molar-refractivity contribution in [1.82, 2.24) is 10.6 Å². The molecular weight excluding hydrogens is 242 g/mol. The van der Waals surface area contributed by atoms with Crippen LogP contribution in [0.5, 0.6) is 5.75 Å². The van der Waals surface area contributed by atoms with Gasteiger partial charge in [-0.25, -0.2) is 4.79 Å². The number of nitrogens with one attached hydrogen (secondary N) is 3. The van der Waals surface area contributed by atoms with E-state index in [0.717, 1.165) is 30.9 Å². The molecule has 0 bridgehead atoms. The average Bonchev–Trinajstić information content (AvgIpc) is 2.46. The molecule has 0 unspecified atom stereocenters. The summed E-state index contributed by atoms with van der Waals surface area (Å²) in [7, 11) is 1.60. The molecule has 0 fully saturated rings. The van der Waals surface area contributed by atoms with Gasteiger partial charge in [0.15, 0.2) is 0 Å². The van der Waals surface area contributed by atoms with Crippen LogP contribution in [0.15, 0.2) is 35.9 Å². The lowest BCUT2D eigenvalue weighted by molar-refractivity contribution is 0.252. The van der Waals surface area contributed by atoms with Crippen molar-refractivity contribution in [2.75, 3.05) is 32.1 Å². The van der Waals surface area contributed by atoms with Gasteiger partial charge in [0, 0.05) is 24.8 Å². The van der Waals surface area contributed by atoms with Gasteiger partial charge in [0.2, 0.25) is 0 Å². The molecule has 2 amide bonds. The molecule has 19 heavy (non-hydrogen) atoms. The van der Waals surface area contributed by atoms with Gasteiger partial charge in [-0.05, 0) is 25.1 Å². The van der Waals surface area contributed by atoms with Crippen LogP contribution in [-0.4, -0.2) is 32.8 Å². The molecule has 0 radical (unpaired) electrons. The summed E-state index contributed by atoms with van der Waals surface area (Å²) in [6.07, 6.45) is 3.11. The van der Waals surface area contributed by atoms with Crippen molar-refractivity contribution in [1.29, 1.82) is 0 Å². The lowest BCUT2D eigenvalue weighted by Gasteiger charge is -2.15. The predicted octanol–water partition coefficient (Wildman–Crippen LogP) is 1.74. The molecule has 102 valence electrons. The monoisotopic (exact) mass is 261 g/mol. The molecule has 0 saturated heterocycles. The molecule has 1 aliphatic rings. The molecule has 0 aliphatic carbocycles. The molecule has 0 spiro atoms. The van der Waals surface area contributed by atoms with Crippen LogP contribution in [0.1, 0.15) is 6.42 Å². The number of urea groups is 1. The lowest BCUT2D eigenvalue weighted by atomic mass is 10.1. The second-order valence-corrected chi connectivity index (χ2v) is 4.36. The van der Waals surface area contributed by atoms with Crippen molar-refractivity contribution in [2.45, 2.75) is 6.42 Å². The van der Waals surface area contributed by atoms with E-state index >= 15 is 0 Å². The zero-order chi connectivity index (χ0) is 13.5. The summed E-state index contributed by atoms with van der Waals surface area (Å²) in [6, 6.07) is 7.08. The SMILES string of the molecule is COc1cccc(NC(=O)NCC2=CCNCC2)c1. The van der Waals surface area contributed by atoms with Crippen LogP contribution in [0.25, 0.3) is 0 Å². The van der Waals surface area contributed by atoms with Gasteiger partial charge >= 0.3 is 6.03 Å². The van der Waals surface area contributed by atoms with E-state index in [9.17, 15) is 4.79 Å². The zero-order valence-corrected chi connectivity index (χ0v) is 11.0. The van der Waals surface area contributed by atoms with Gasteiger partial charge in [0.25, 0.3) is 0 Å². The fraction of sp³-hybridized carbons (Fsp3) is 0.357. The summed E-state index contributed by atoms with van der Waals surface area (Å²) in [5, 5.41) is 8.87. The molecule has 3 N–H and O–H groups in total. The Bertz CT molecular complexity index is 472. The Balaban J connectivity index is 1.81. The fourth-order valence-electron chi connectivity index (χ4n) is 1.90. The quantitative estimate of drug-likeness (QED) is 0.723. The normalized spacial score (nSPS) is 14.5. The summed E-state index contributed by atoms with van der Waals surface area (Å²) in [5.41, 5.74) is 1.98. The predicted molar refractivity (Wildman–Crippen MR) is 75.6 cm³/mol. The molecule has 0 aromatic heterocycles. The van der Waals surface area contributed by atoms with E-state index in [4.69, 9.17) is 4.74 Å². The molecule has 0 atom stereocenters. The minimum absolute atomic E-state index is 0.201. The molecule has 5 heteroatoms. The highest BCUT2D eigenvalue weighted by molar-refractivity contribution is 5.89. The number of anilines is 1. The maximum absolute atomic E-state index is 11.7. The van der Waals surface area contributed by atoms with E-state index < -0.39 is 0 Å². The maximum atomic E-state index is 11.7. The highest BCUT2D eigenvalue weighted by atomic mass is 16.5. The van der Waals surface area contributed by atoms with Crippen LogP contribution in [0.4, 0.5) is 10.5 Å². The fourth-order valence-corrected chi connectivity index (χ4v) is 1.90. The number of methoxy groups -OCH3 is 1. The van der Waals surface area contributed by atoms with Crippen LogP contribution >= 0.6 is 0 Å². The number of carbonyl (C=O) groups is 1. The minimum Gasteiger partial charge on any atom is -0.497 e. The molecule has 1 aromatic rings. The molecule has 5 nitrogen and oxygen atoms in total. The van der Waals surface area contributed by atoms with Gasteiger partial charge in [-0.2, -0.15) is 0 Å². The number of rotatable bonds is 4. The molecule has 1 aromatic carbocycles. The third kappa shape index (κ3) is 4.30. The van der Waals surface area contributed by atoms with Crippen molar-refractivity contribution in [3.05, 3.63) is 35.9 Å². The Labute approximate surface area is 113 Å². The van der Waals surface area contributed by atoms with E-state index in [1.165, 1.54) is 5.57 Å². The average molecular weight is 261 g/mol. The van der Waals surface area contributed by atoms with Crippen molar-refractivity contribution < 1.29 is 9.53 Å². The van der Waals surface area contributed by atoms with Gasteiger partial charge in [0.05, 0.1) is 7.11 Å². The Morgan fingerprint density at radius 3 is 3.11 bits per heavy atom. The topological polar surface area (TPSA) is 62.4 Å². The van der Waals surface area contributed by atoms with E-state index in [0.29, 0.717) is 6.54 Å². The van der Waals surface area contributed by atoms with Crippen molar-refractivity contribution >= 4 is 11.7 Å². The standard InChI is InChI=1S/C14H19N3O2/c1-19-13-4-2-3-12(9-13)17-14(18)16-10-11-5-7-15-8-6-11/h2-5,9,15H,6-8,10H2,1H3,(H2,16,17,18). The van der Waals surface area contributed by atoms with Crippen molar-refractivity contribution in [2.24, 2.45) is 0 Å². The molecule has 1 aliphatic heterocycles. The van der Waals surface area contributed by atoms with E-state index in [1.54, 1.807) is 13.2 Å². The smallest absolute Gasteiger partial charge is 0.319 e. The summed E-state index contributed by atoms with van der Waals surface area (Å²) in [5.74, 6) is 0.721. The number of carbonyl (C=O) groups excluding carboxylic acids is 1. The van der Waals surface area contributed by atoms with Gasteiger partial charge < -0.3 is 20.7 Å². The molecule has 1 heterocycles. The van der Waals surface area contributed by atoms with Crippen LogP contribution < -0.4 is 20.7 Å². The van der Waals surface area contributed by atoms with Gasteiger partial charge in [0.1, 0.15) is 5.75 Å². The van der Waals surface area contributed by atoms with Gasteiger partial charge in [-0.15, -0.1) is 0 Å². The summed E-state index contributed by atoms with van der Waals surface area (Å²) in [6.45, 7) is 2.46. The third-order valence-corrected chi connectivity index (χ3v) is 2.96. The molecule has 0 saturated carbocycles. The third-order valence-electron chi connectivity index (χ3n) is 2.96. The van der Waals surface area contributed by atoms with E-state index in [1.807, 2.05) is 18.2 Å². The first-order valence-electron chi connectivity index (χ1n) is 6.35. The first-order valence-corrected chi connectivity index (χ1v) is 6.35. The van der Waals surface area contributed by atoms with Crippen molar-refractivity contribution in [3.8, 4) is 5.75 Å². The Morgan fingerprint density at radius 2 is 2.37 bits per heavy atom. The Hall–Kier alpha value is -2.01. The Morgan fingerprint density at radius 1 is 1.47 bits per heavy atom. The Kier molecular flexibility index (Phi) is 4.80. The second-order valence-electron chi connectivity index (χ2n) is 4.36. The maximum Gasteiger partial charge on any atom is 0.319 e. The first-order chi connectivity index (χ1) is 9.28. The number of ether oxygens (including phenoxy) is 1. The van der Waals surface area contributed by atoms with Crippen LogP contribution in [0.3, 0.4) is 0 Å². The van der Waals surface area contributed by atoms with Crippen LogP contribution in [0.2, 0.25) is 0 Å². The number of amides is 2. The van der Waals surface area contributed by atoms with Crippen molar-refractivity contribution in [3.63, 3.8) is 0 Å². The van der Waals surface area contributed by atoms with Crippen LogP contribution in [0, 0.1) is 0 Å². The van der Waals surface area contributed by atoms with E-state index in [2.05, 4.69) is 22.0 Å². The zero-order valence-electron chi connectivity index (χ0n) is 11.0. The largest absolute Gasteiger partial charge is 0.497 e. The summed E-state index contributed by atoms with van der Waals surface area (Å²) < 4.78 is 5.10. The highest BCUT2D eigenvalue weighted by Crippen LogP contribution is 2.16. The number of hydrogen-bond acceptors (Lipinski definition) is 3. The van der Waals surface area contributed by atoms with Gasteiger partial charge in [-0.3, -0.25) is 0 Å². The van der Waals surface area contributed by atoms with Gasteiger partial charge in [-0.1, -0.05) is 17.7 Å². The molecular formula is C14H19N3O2. The number of hydrogen-bond donors (Lipinski definition) is 3. The molecule has 2 rings (SSSR count).